The van der Waals surface area contributed by atoms with Crippen molar-refractivity contribution in [3.63, 3.8) is 0 Å². The standard InChI is InChI=1S/C26H24O4.C15H16O2/c1-17-4-6-19(7-5-17)24(20-8-10-21(28-3)11-9-20)16-29-22-12-13-23-18(2)14-26(27)30-25(23)15-22;1-11-3-5-12(6-4-11)15(16)13-7-9-14(17-2)10-8-13/h4-15,24H,16H2,1-3H3;3-10,15-16H,1-2H3. The Kier molecular flexibility index (Phi) is 10.8. The Morgan fingerprint density at radius 1 is 0.596 bits per heavy atom. The predicted octanol–water partition coefficient (Wildman–Crippen LogP) is 8.71. The zero-order valence-corrected chi connectivity index (χ0v) is 27.4. The zero-order valence-electron chi connectivity index (χ0n) is 27.4. The van der Waals surface area contributed by atoms with E-state index in [1.807, 2.05) is 86.6 Å². The van der Waals surface area contributed by atoms with Crippen molar-refractivity contribution < 1.29 is 23.7 Å². The average Bonchev–Trinajstić information content (AvgIpc) is 3.09. The maximum atomic E-state index is 11.7. The summed E-state index contributed by atoms with van der Waals surface area (Å²) in [6, 6.07) is 39.0. The first-order chi connectivity index (χ1) is 22.7. The van der Waals surface area contributed by atoms with E-state index < -0.39 is 6.10 Å². The van der Waals surface area contributed by atoms with E-state index in [4.69, 9.17) is 18.6 Å². The minimum atomic E-state index is -0.582. The van der Waals surface area contributed by atoms with Crippen molar-refractivity contribution in [3.05, 3.63) is 171 Å². The van der Waals surface area contributed by atoms with Crippen LogP contribution in [0.1, 0.15) is 51.0 Å². The Bertz CT molecular complexity index is 1940. The molecule has 0 radical (unpaired) electrons. The van der Waals surface area contributed by atoms with Crippen LogP contribution in [0.25, 0.3) is 11.0 Å². The second-order valence-electron chi connectivity index (χ2n) is 11.5. The molecule has 1 N–H and O–H groups in total. The Balaban J connectivity index is 0.000000216. The van der Waals surface area contributed by atoms with Crippen molar-refractivity contribution in [1.82, 2.24) is 0 Å². The summed E-state index contributed by atoms with van der Waals surface area (Å²) in [4.78, 5) is 11.7. The minimum Gasteiger partial charge on any atom is -0.497 e. The molecule has 6 aromatic rings. The molecule has 1 aromatic heterocycles. The molecule has 240 valence electrons. The van der Waals surface area contributed by atoms with Crippen molar-refractivity contribution >= 4 is 11.0 Å². The van der Waals surface area contributed by atoms with Crippen LogP contribution >= 0.6 is 0 Å². The van der Waals surface area contributed by atoms with E-state index in [9.17, 15) is 9.90 Å². The van der Waals surface area contributed by atoms with Crippen molar-refractivity contribution in [2.24, 2.45) is 0 Å². The molecule has 2 unspecified atom stereocenters. The number of rotatable bonds is 9. The van der Waals surface area contributed by atoms with Crippen LogP contribution in [-0.2, 0) is 0 Å². The number of hydrogen-bond donors (Lipinski definition) is 1. The van der Waals surface area contributed by atoms with Crippen molar-refractivity contribution in [1.29, 1.82) is 0 Å². The van der Waals surface area contributed by atoms with Crippen LogP contribution in [0.15, 0.2) is 131 Å². The van der Waals surface area contributed by atoms with E-state index in [-0.39, 0.29) is 11.5 Å². The third kappa shape index (κ3) is 8.48. The molecule has 5 aromatic carbocycles. The van der Waals surface area contributed by atoms with Gasteiger partial charge in [-0.1, -0.05) is 83.9 Å². The highest BCUT2D eigenvalue weighted by Gasteiger charge is 2.16. The Morgan fingerprint density at radius 2 is 1.04 bits per heavy atom. The number of benzene rings is 5. The van der Waals surface area contributed by atoms with Gasteiger partial charge in [0.05, 0.1) is 20.8 Å². The van der Waals surface area contributed by atoms with E-state index in [1.165, 1.54) is 22.8 Å². The summed E-state index contributed by atoms with van der Waals surface area (Å²) in [7, 11) is 3.29. The first-order valence-electron chi connectivity index (χ1n) is 15.5. The molecule has 0 spiro atoms. The van der Waals surface area contributed by atoms with E-state index in [0.717, 1.165) is 39.1 Å². The number of hydrogen-bond acceptors (Lipinski definition) is 6. The van der Waals surface area contributed by atoms with Crippen molar-refractivity contribution in [2.45, 2.75) is 32.8 Å². The van der Waals surface area contributed by atoms with Crippen LogP contribution in [0.2, 0.25) is 0 Å². The van der Waals surface area contributed by atoms with E-state index in [2.05, 4.69) is 43.3 Å². The molecule has 0 aliphatic heterocycles. The van der Waals surface area contributed by atoms with E-state index in [0.29, 0.717) is 17.9 Å². The topological polar surface area (TPSA) is 78.1 Å². The van der Waals surface area contributed by atoms with Gasteiger partial charge < -0.3 is 23.7 Å². The molecule has 0 amide bonds. The van der Waals surface area contributed by atoms with Gasteiger partial charge in [0.2, 0.25) is 0 Å². The van der Waals surface area contributed by atoms with Gasteiger partial charge in [0.1, 0.15) is 28.9 Å². The maximum Gasteiger partial charge on any atom is 0.336 e. The third-order valence-electron chi connectivity index (χ3n) is 8.16. The Morgan fingerprint density at radius 3 is 1.55 bits per heavy atom. The van der Waals surface area contributed by atoms with E-state index >= 15 is 0 Å². The SMILES string of the molecule is COc1ccc(C(COc2ccc3c(C)cc(=O)oc3c2)c2ccc(C)cc2)cc1.COc1ccc(C(O)c2ccc(C)cc2)cc1. The second-order valence-corrected chi connectivity index (χ2v) is 11.5. The summed E-state index contributed by atoms with van der Waals surface area (Å²) in [5.41, 5.74) is 7.57. The molecule has 0 fully saturated rings. The lowest BCUT2D eigenvalue weighted by Gasteiger charge is -2.19. The highest BCUT2D eigenvalue weighted by molar-refractivity contribution is 5.81. The van der Waals surface area contributed by atoms with Crippen LogP contribution < -0.4 is 19.8 Å². The fourth-order valence-electron chi connectivity index (χ4n) is 5.32. The van der Waals surface area contributed by atoms with Gasteiger partial charge in [0.15, 0.2) is 0 Å². The number of aryl methyl sites for hydroxylation is 3. The molecule has 0 saturated carbocycles. The number of ether oxygens (including phenoxy) is 3. The van der Waals surface area contributed by atoms with Gasteiger partial charge in [0, 0.05) is 23.4 Å². The van der Waals surface area contributed by atoms with Gasteiger partial charge in [-0.05, 0) is 85.0 Å². The van der Waals surface area contributed by atoms with Crippen molar-refractivity contribution in [2.75, 3.05) is 20.8 Å². The highest BCUT2D eigenvalue weighted by atomic mass is 16.5. The molecule has 6 heteroatoms. The monoisotopic (exact) mass is 628 g/mol. The molecule has 0 bridgehead atoms. The lowest BCUT2D eigenvalue weighted by atomic mass is 9.91. The summed E-state index contributed by atoms with van der Waals surface area (Å²) >= 11 is 0. The number of aliphatic hydroxyl groups is 1. The first-order valence-corrected chi connectivity index (χ1v) is 15.5. The van der Waals surface area contributed by atoms with Crippen LogP contribution in [-0.4, -0.2) is 25.9 Å². The normalized spacial score (nSPS) is 12.0. The number of methoxy groups -OCH3 is 2. The molecule has 0 aliphatic rings. The second kappa shape index (κ2) is 15.3. The molecule has 6 nitrogen and oxygen atoms in total. The summed E-state index contributed by atoms with van der Waals surface area (Å²) in [6.45, 7) is 6.46. The largest absolute Gasteiger partial charge is 0.497 e. The predicted molar refractivity (Wildman–Crippen MR) is 187 cm³/mol. The summed E-state index contributed by atoms with van der Waals surface area (Å²) < 4.78 is 21.9. The van der Waals surface area contributed by atoms with Crippen LogP contribution in [0.3, 0.4) is 0 Å². The lowest BCUT2D eigenvalue weighted by molar-refractivity contribution is 0.220. The third-order valence-corrected chi connectivity index (χ3v) is 8.16. The molecule has 2 atom stereocenters. The molecule has 1 heterocycles. The smallest absolute Gasteiger partial charge is 0.336 e. The van der Waals surface area contributed by atoms with Gasteiger partial charge in [-0.25, -0.2) is 4.79 Å². The summed E-state index contributed by atoms with van der Waals surface area (Å²) in [6.07, 6.45) is -0.582. The summed E-state index contributed by atoms with van der Waals surface area (Å²) in [5.74, 6) is 2.34. The number of aliphatic hydroxyl groups excluding tert-OH is 1. The molecule has 0 aliphatic carbocycles. The van der Waals surface area contributed by atoms with E-state index in [1.54, 1.807) is 20.3 Å². The number of fused-ring (bicyclic) bond motifs is 1. The molecule has 6 rings (SSSR count). The fourth-order valence-corrected chi connectivity index (χ4v) is 5.32. The summed E-state index contributed by atoms with van der Waals surface area (Å²) in [5, 5.41) is 11.1. The Labute approximate surface area is 275 Å². The highest BCUT2D eigenvalue weighted by Crippen LogP contribution is 2.29. The van der Waals surface area contributed by atoms with Crippen LogP contribution in [0, 0.1) is 20.8 Å². The fraction of sp³-hybridized carbons (Fsp3) is 0.195. The zero-order chi connectivity index (χ0) is 33.3. The lowest BCUT2D eigenvalue weighted by Crippen LogP contribution is -2.12. The van der Waals surface area contributed by atoms with Gasteiger partial charge in [0.25, 0.3) is 0 Å². The van der Waals surface area contributed by atoms with Gasteiger partial charge in [-0.15, -0.1) is 0 Å². The molecule has 0 saturated heterocycles. The van der Waals surface area contributed by atoms with Gasteiger partial charge >= 0.3 is 5.63 Å². The van der Waals surface area contributed by atoms with Crippen LogP contribution in [0.4, 0.5) is 0 Å². The van der Waals surface area contributed by atoms with Gasteiger partial charge in [-0.2, -0.15) is 0 Å². The first kappa shape index (κ1) is 33.0. The molecular weight excluding hydrogens is 588 g/mol. The minimum absolute atomic E-state index is 0.0525. The Hall–Kier alpha value is -5.33. The maximum absolute atomic E-state index is 11.7. The average molecular weight is 629 g/mol. The molecular formula is C41H40O6. The molecule has 47 heavy (non-hydrogen) atoms. The van der Waals surface area contributed by atoms with Gasteiger partial charge in [-0.3, -0.25) is 0 Å². The van der Waals surface area contributed by atoms with Crippen LogP contribution in [0.5, 0.6) is 17.2 Å². The quantitative estimate of drug-likeness (QED) is 0.161. The van der Waals surface area contributed by atoms with Crippen molar-refractivity contribution in [3.8, 4) is 17.2 Å².